The first-order valence-corrected chi connectivity index (χ1v) is 7.47. The maximum Gasteiger partial charge on any atom is 0.256 e. The van der Waals surface area contributed by atoms with Crippen molar-refractivity contribution in [3.8, 4) is 0 Å². The zero-order valence-corrected chi connectivity index (χ0v) is 13.2. The molecule has 1 amide bonds. The van der Waals surface area contributed by atoms with Gasteiger partial charge in [0.15, 0.2) is 0 Å². The van der Waals surface area contributed by atoms with Gasteiger partial charge in [0.25, 0.3) is 5.91 Å². The summed E-state index contributed by atoms with van der Waals surface area (Å²) in [5, 5.41) is 1.33. The molecule has 0 bridgehead atoms. The molecule has 0 fully saturated rings. The molecule has 0 aliphatic heterocycles. The maximum atomic E-state index is 13.8. The Morgan fingerprint density at radius 2 is 2.00 bits per heavy atom. The van der Waals surface area contributed by atoms with Crippen molar-refractivity contribution in [3.05, 3.63) is 76.7 Å². The van der Waals surface area contributed by atoms with Crippen LogP contribution in [0.3, 0.4) is 0 Å². The number of aromatic nitrogens is 1. The zero-order valence-electron chi connectivity index (χ0n) is 12.5. The summed E-state index contributed by atoms with van der Waals surface area (Å²) in [6, 6.07) is 13.5. The largest absolute Gasteiger partial charge is 0.337 e. The van der Waals surface area contributed by atoms with Crippen LogP contribution in [0, 0.1) is 5.82 Å². The molecule has 116 valence electrons. The van der Waals surface area contributed by atoms with Crippen molar-refractivity contribution in [3.63, 3.8) is 0 Å². The van der Waals surface area contributed by atoms with Gasteiger partial charge in [-0.2, -0.15) is 0 Å². The molecule has 1 aromatic heterocycles. The van der Waals surface area contributed by atoms with Crippen molar-refractivity contribution in [2.45, 2.75) is 6.54 Å². The Hall–Kier alpha value is -2.46. The molecular weight excluding hydrogens is 315 g/mol. The lowest BCUT2D eigenvalue weighted by molar-refractivity contribution is 0.0785. The van der Waals surface area contributed by atoms with Crippen LogP contribution >= 0.6 is 11.6 Å². The van der Waals surface area contributed by atoms with Gasteiger partial charge in [-0.3, -0.25) is 9.78 Å². The highest BCUT2D eigenvalue weighted by atomic mass is 35.5. The average Bonchev–Trinajstić information content (AvgIpc) is 2.57. The number of hydrogen-bond acceptors (Lipinski definition) is 2. The molecule has 0 radical (unpaired) electrons. The van der Waals surface area contributed by atoms with E-state index in [1.165, 1.54) is 23.1 Å². The normalized spacial score (nSPS) is 10.7. The number of nitrogens with zero attached hydrogens (tertiary/aromatic N) is 2. The molecule has 3 rings (SSSR count). The first-order valence-electron chi connectivity index (χ1n) is 7.09. The molecule has 0 saturated carbocycles. The summed E-state index contributed by atoms with van der Waals surface area (Å²) in [6.45, 7) is 0.133. The first-order chi connectivity index (χ1) is 11.1. The second-order valence-corrected chi connectivity index (χ2v) is 5.71. The van der Waals surface area contributed by atoms with Gasteiger partial charge in [0.2, 0.25) is 0 Å². The van der Waals surface area contributed by atoms with Crippen LogP contribution in [0.15, 0.2) is 54.7 Å². The predicted octanol–water partition coefficient (Wildman–Crippen LogP) is 4.30. The van der Waals surface area contributed by atoms with Crippen molar-refractivity contribution in [1.82, 2.24) is 9.88 Å². The number of halogens is 2. The maximum absolute atomic E-state index is 13.8. The Morgan fingerprint density at radius 1 is 1.22 bits per heavy atom. The lowest BCUT2D eigenvalue weighted by atomic mass is 10.1. The summed E-state index contributed by atoms with van der Waals surface area (Å²) in [5.74, 6) is -0.598. The van der Waals surface area contributed by atoms with E-state index >= 15 is 0 Å². The van der Waals surface area contributed by atoms with E-state index < -0.39 is 0 Å². The molecule has 5 heteroatoms. The van der Waals surface area contributed by atoms with Crippen LogP contribution in [-0.4, -0.2) is 22.8 Å². The third-order valence-electron chi connectivity index (χ3n) is 3.63. The average molecular weight is 329 g/mol. The Kier molecular flexibility index (Phi) is 4.26. The van der Waals surface area contributed by atoms with E-state index in [0.29, 0.717) is 21.7 Å². The number of benzene rings is 2. The lowest BCUT2D eigenvalue weighted by Gasteiger charge is -2.18. The second kappa shape index (κ2) is 6.34. The van der Waals surface area contributed by atoms with E-state index in [0.717, 1.165) is 5.39 Å². The van der Waals surface area contributed by atoms with Crippen molar-refractivity contribution < 1.29 is 9.18 Å². The predicted molar refractivity (Wildman–Crippen MR) is 89.0 cm³/mol. The van der Waals surface area contributed by atoms with Crippen molar-refractivity contribution >= 4 is 28.4 Å². The number of carbonyl (C=O) groups is 1. The minimum Gasteiger partial charge on any atom is -0.337 e. The van der Waals surface area contributed by atoms with E-state index in [4.69, 9.17) is 11.6 Å². The summed E-state index contributed by atoms with van der Waals surface area (Å²) in [5.41, 5.74) is 1.51. The van der Waals surface area contributed by atoms with Crippen LogP contribution in [0.2, 0.25) is 5.02 Å². The number of para-hydroxylation sites is 1. The number of amides is 1. The fraction of sp³-hybridized carbons (Fsp3) is 0.111. The highest BCUT2D eigenvalue weighted by Crippen LogP contribution is 2.20. The SMILES string of the molecule is CN(Cc1cc(Cl)ccc1F)C(=O)c1cccc2cccnc12. The van der Waals surface area contributed by atoms with E-state index in [2.05, 4.69) is 4.98 Å². The van der Waals surface area contributed by atoms with Gasteiger partial charge >= 0.3 is 0 Å². The summed E-state index contributed by atoms with van der Waals surface area (Å²) < 4.78 is 13.8. The van der Waals surface area contributed by atoms with Crippen LogP contribution in [0.1, 0.15) is 15.9 Å². The van der Waals surface area contributed by atoms with Gasteiger partial charge in [-0.15, -0.1) is 0 Å². The first kappa shape index (κ1) is 15.4. The highest BCUT2D eigenvalue weighted by Gasteiger charge is 2.17. The van der Waals surface area contributed by atoms with E-state index in [-0.39, 0.29) is 18.3 Å². The van der Waals surface area contributed by atoms with Crippen molar-refractivity contribution in [2.24, 2.45) is 0 Å². The van der Waals surface area contributed by atoms with Gasteiger partial charge in [-0.25, -0.2) is 4.39 Å². The van der Waals surface area contributed by atoms with Gasteiger partial charge in [-0.1, -0.05) is 29.8 Å². The van der Waals surface area contributed by atoms with Crippen LogP contribution in [0.5, 0.6) is 0 Å². The monoisotopic (exact) mass is 328 g/mol. The molecule has 0 aliphatic carbocycles. The minimum atomic E-state index is -0.384. The molecule has 3 nitrogen and oxygen atoms in total. The van der Waals surface area contributed by atoms with Gasteiger partial charge in [0, 0.05) is 35.8 Å². The third kappa shape index (κ3) is 3.17. The second-order valence-electron chi connectivity index (χ2n) is 5.28. The molecule has 0 spiro atoms. The molecule has 1 heterocycles. The molecule has 0 N–H and O–H groups in total. The molecule has 2 aromatic carbocycles. The van der Waals surface area contributed by atoms with Gasteiger partial charge in [-0.05, 0) is 30.3 Å². The highest BCUT2D eigenvalue weighted by molar-refractivity contribution is 6.30. The van der Waals surface area contributed by atoms with E-state index in [9.17, 15) is 9.18 Å². The molecule has 0 unspecified atom stereocenters. The molecule has 23 heavy (non-hydrogen) atoms. The molecule has 0 saturated heterocycles. The standard InChI is InChI=1S/C18H14ClFN2O/c1-22(11-13-10-14(19)7-8-16(13)20)18(23)15-6-2-4-12-5-3-9-21-17(12)15/h2-10H,11H2,1H3. The van der Waals surface area contributed by atoms with Crippen LogP contribution in [-0.2, 0) is 6.54 Å². The summed E-state index contributed by atoms with van der Waals surface area (Å²) in [6.07, 6.45) is 1.65. The Labute approximate surface area is 138 Å². The number of pyridine rings is 1. The summed E-state index contributed by atoms with van der Waals surface area (Å²) in [7, 11) is 1.63. The number of carbonyl (C=O) groups excluding carboxylic acids is 1. The molecular formula is C18H14ClFN2O. The minimum absolute atomic E-state index is 0.133. The molecule has 0 aliphatic rings. The summed E-state index contributed by atoms with van der Waals surface area (Å²) >= 11 is 5.89. The van der Waals surface area contributed by atoms with Crippen molar-refractivity contribution in [2.75, 3.05) is 7.05 Å². The quantitative estimate of drug-likeness (QED) is 0.718. The fourth-order valence-corrected chi connectivity index (χ4v) is 2.67. The molecule has 0 atom stereocenters. The van der Waals surface area contributed by atoms with Gasteiger partial charge < -0.3 is 4.90 Å². The Morgan fingerprint density at radius 3 is 2.83 bits per heavy atom. The smallest absolute Gasteiger partial charge is 0.256 e. The Balaban J connectivity index is 1.91. The van der Waals surface area contributed by atoms with Crippen LogP contribution in [0.4, 0.5) is 4.39 Å². The van der Waals surface area contributed by atoms with Crippen LogP contribution < -0.4 is 0 Å². The lowest BCUT2D eigenvalue weighted by Crippen LogP contribution is -2.27. The van der Waals surface area contributed by atoms with Gasteiger partial charge in [0.1, 0.15) is 5.82 Å². The Bertz CT molecular complexity index is 877. The zero-order chi connectivity index (χ0) is 16.4. The van der Waals surface area contributed by atoms with Gasteiger partial charge in [0.05, 0.1) is 11.1 Å². The third-order valence-corrected chi connectivity index (χ3v) is 3.86. The number of fused-ring (bicyclic) bond motifs is 1. The van der Waals surface area contributed by atoms with Crippen LogP contribution in [0.25, 0.3) is 10.9 Å². The molecule has 3 aromatic rings. The number of hydrogen-bond donors (Lipinski definition) is 0. The fourth-order valence-electron chi connectivity index (χ4n) is 2.47. The summed E-state index contributed by atoms with van der Waals surface area (Å²) in [4.78, 5) is 18.4. The van der Waals surface area contributed by atoms with Crippen molar-refractivity contribution in [1.29, 1.82) is 0 Å². The van der Waals surface area contributed by atoms with E-state index in [1.54, 1.807) is 19.3 Å². The van der Waals surface area contributed by atoms with E-state index in [1.807, 2.05) is 24.3 Å². The number of rotatable bonds is 3. The topological polar surface area (TPSA) is 33.2 Å².